The maximum atomic E-state index is 12.2. The molecule has 1 fully saturated rings. The average molecular weight is 378 g/mol. The van der Waals surface area contributed by atoms with E-state index in [9.17, 15) is 13.2 Å². The molecule has 1 aliphatic rings. The fraction of sp³-hybridized carbons (Fsp3) is 0.474. The Morgan fingerprint density at radius 2 is 1.65 bits per heavy atom. The fourth-order valence-electron chi connectivity index (χ4n) is 3.43. The summed E-state index contributed by atoms with van der Waals surface area (Å²) in [6, 6.07) is 6.81. The highest BCUT2D eigenvalue weighted by Crippen LogP contribution is 2.67. The van der Waals surface area contributed by atoms with E-state index in [1.54, 1.807) is 31.1 Å². The van der Waals surface area contributed by atoms with E-state index in [0.29, 0.717) is 0 Å². The van der Waals surface area contributed by atoms with Gasteiger partial charge in [0.05, 0.1) is 4.90 Å². The first-order chi connectivity index (χ1) is 12.0. The number of hydrogen-bond acceptors (Lipinski definition) is 4. The van der Waals surface area contributed by atoms with E-state index < -0.39 is 10.0 Å². The number of carbonyl (C=O) groups is 1. The first-order valence-electron chi connectivity index (χ1n) is 8.41. The topological polar surface area (TPSA) is 70.0 Å². The Balaban J connectivity index is 2.28. The van der Waals surface area contributed by atoms with Gasteiger partial charge in [-0.1, -0.05) is 26.0 Å². The van der Waals surface area contributed by atoms with Gasteiger partial charge in [-0.25, -0.2) is 0 Å². The number of aldehydes is 1. The van der Waals surface area contributed by atoms with Crippen molar-refractivity contribution in [2.24, 2.45) is 15.7 Å². The van der Waals surface area contributed by atoms with Crippen LogP contribution in [-0.4, -0.2) is 59.0 Å². The maximum Gasteiger partial charge on any atom is 0.283 e. The predicted molar refractivity (Wildman–Crippen MR) is 104 cm³/mol. The van der Waals surface area contributed by atoms with Gasteiger partial charge in [0.25, 0.3) is 10.0 Å². The normalized spacial score (nSPS) is 22.3. The summed E-state index contributed by atoms with van der Waals surface area (Å²) in [5, 5.41) is 0. The highest BCUT2D eigenvalue weighted by atomic mass is 32.2. The van der Waals surface area contributed by atoms with Crippen LogP contribution in [0.15, 0.2) is 45.3 Å². The zero-order valence-electron chi connectivity index (χ0n) is 16.2. The first kappa shape index (κ1) is 20.2. The molecule has 0 aliphatic heterocycles. The fourth-order valence-corrected chi connectivity index (χ4v) is 4.34. The Bertz CT molecular complexity index is 822. The lowest BCUT2D eigenvalue weighted by molar-refractivity contribution is -0.105. The minimum atomic E-state index is -3.70. The molecular weight excluding hydrogens is 350 g/mol. The summed E-state index contributed by atoms with van der Waals surface area (Å²) in [5.74, 6) is 0.303. The molecule has 2 rings (SSSR count). The summed E-state index contributed by atoms with van der Waals surface area (Å²) in [4.78, 5) is 15.1. The molecule has 1 aromatic rings. The van der Waals surface area contributed by atoms with E-state index in [0.717, 1.165) is 17.4 Å². The molecule has 0 amide bonds. The number of rotatable bonds is 7. The van der Waals surface area contributed by atoms with Crippen molar-refractivity contribution < 1.29 is 13.2 Å². The van der Waals surface area contributed by atoms with Crippen LogP contribution in [0.2, 0.25) is 0 Å². The number of hydrogen-bond donors (Lipinski definition) is 0. The van der Waals surface area contributed by atoms with Gasteiger partial charge in [0.15, 0.2) is 0 Å². The lowest BCUT2D eigenvalue weighted by Gasteiger charge is -2.08. The van der Waals surface area contributed by atoms with Crippen LogP contribution in [0.3, 0.4) is 0 Å². The second kappa shape index (κ2) is 7.23. The van der Waals surface area contributed by atoms with Crippen LogP contribution in [0.4, 0.5) is 0 Å². The second-order valence-corrected chi connectivity index (χ2v) is 9.35. The summed E-state index contributed by atoms with van der Waals surface area (Å²) < 4.78 is 28.1. The molecule has 0 spiro atoms. The van der Waals surface area contributed by atoms with Crippen LogP contribution in [0.5, 0.6) is 0 Å². The quantitative estimate of drug-likeness (QED) is 0.316. The Kier molecular flexibility index (Phi) is 5.61. The largest absolute Gasteiger partial charge is 0.383 e. The number of benzene rings is 1. The van der Waals surface area contributed by atoms with Crippen molar-refractivity contribution in [3.63, 3.8) is 0 Å². The highest BCUT2D eigenvalue weighted by molar-refractivity contribution is 7.90. The summed E-state index contributed by atoms with van der Waals surface area (Å²) in [6.45, 7) is 4.25. The van der Waals surface area contributed by atoms with Gasteiger partial charge in [-0.2, -0.15) is 8.42 Å². The van der Waals surface area contributed by atoms with Gasteiger partial charge >= 0.3 is 0 Å². The molecule has 1 aliphatic carbocycles. The van der Waals surface area contributed by atoms with Crippen LogP contribution in [0, 0.1) is 11.3 Å². The zero-order chi connectivity index (χ0) is 19.7. The van der Waals surface area contributed by atoms with E-state index >= 15 is 0 Å². The lowest BCUT2D eigenvalue weighted by Crippen LogP contribution is -2.10. The molecular formula is C19H27N3O3S. The average Bonchev–Trinajstić information content (AvgIpc) is 3.13. The van der Waals surface area contributed by atoms with Crippen LogP contribution in [-0.2, 0) is 14.8 Å². The molecule has 0 N–H and O–H groups in total. The van der Waals surface area contributed by atoms with Gasteiger partial charge in [0.1, 0.15) is 12.6 Å². The van der Waals surface area contributed by atoms with Crippen LogP contribution < -0.4 is 0 Å². The van der Waals surface area contributed by atoms with Gasteiger partial charge in [0.2, 0.25) is 0 Å². The first-order valence-corrected chi connectivity index (χ1v) is 9.85. The summed E-state index contributed by atoms with van der Waals surface area (Å²) >= 11 is 0. The zero-order valence-corrected chi connectivity index (χ0v) is 17.0. The molecule has 2 atom stereocenters. The minimum Gasteiger partial charge on any atom is -0.383 e. The van der Waals surface area contributed by atoms with E-state index in [1.165, 1.54) is 6.34 Å². The Hall–Kier alpha value is -2.15. The van der Waals surface area contributed by atoms with Crippen molar-refractivity contribution in [2.75, 3.05) is 28.2 Å². The highest BCUT2D eigenvalue weighted by Gasteiger charge is 2.59. The summed E-state index contributed by atoms with van der Waals surface area (Å²) in [5.41, 5.74) is 1.74. The maximum absolute atomic E-state index is 12.2. The second-order valence-electron chi connectivity index (χ2n) is 7.72. The van der Waals surface area contributed by atoms with Crippen molar-refractivity contribution in [2.45, 2.75) is 24.7 Å². The third-order valence-electron chi connectivity index (χ3n) is 4.68. The number of nitrogens with zero attached hydrogens (tertiary/aromatic N) is 3. The molecule has 0 saturated heterocycles. The minimum absolute atomic E-state index is 0.0494. The molecule has 0 bridgehead atoms. The Morgan fingerprint density at radius 1 is 1.08 bits per heavy atom. The van der Waals surface area contributed by atoms with Crippen LogP contribution in [0.25, 0.3) is 0 Å². The molecule has 26 heavy (non-hydrogen) atoms. The Labute approximate surface area is 156 Å². The third-order valence-corrected chi connectivity index (χ3v) is 5.92. The van der Waals surface area contributed by atoms with Crippen LogP contribution in [0.1, 0.15) is 25.3 Å². The lowest BCUT2D eigenvalue weighted by atomic mass is 10.0. The van der Waals surface area contributed by atoms with Gasteiger partial charge in [-0.05, 0) is 29.0 Å². The van der Waals surface area contributed by atoms with Crippen molar-refractivity contribution in [3.8, 4) is 0 Å². The van der Waals surface area contributed by atoms with Crippen molar-refractivity contribution in [3.05, 3.63) is 41.6 Å². The van der Waals surface area contributed by atoms with Gasteiger partial charge in [-0.15, -0.1) is 4.40 Å². The molecule has 6 nitrogen and oxygen atoms in total. The number of carbonyl (C=O) groups excluding carboxylic acids is 1. The van der Waals surface area contributed by atoms with E-state index in [4.69, 9.17) is 0 Å². The Morgan fingerprint density at radius 3 is 2.12 bits per heavy atom. The van der Waals surface area contributed by atoms with Crippen molar-refractivity contribution in [1.82, 2.24) is 9.80 Å². The molecule has 0 unspecified atom stereocenters. The predicted octanol–water partition coefficient (Wildman–Crippen LogP) is 2.35. The summed E-state index contributed by atoms with van der Waals surface area (Å²) in [7, 11) is 3.50. The summed E-state index contributed by atoms with van der Waals surface area (Å²) in [6.07, 6.45) is 4.04. The molecule has 0 heterocycles. The van der Waals surface area contributed by atoms with E-state index in [2.05, 4.69) is 18.2 Å². The van der Waals surface area contributed by atoms with Crippen LogP contribution >= 0.6 is 0 Å². The standard InChI is InChI=1S/C19H27N3O3S/c1-19(2)17(18(19)15(12-23)11-21(3)4)14-7-9-16(10-8-14)26(24,25)20-13-22(5)6/h7-13,17-18H,1-6H3/b15-11+,20-13?/t17-,18-/m1/s1. The van der Waals surface area contributed by atoms with Crippen molar-refractivity contribution >= 4 is 22.6 Å². The molecule has 142 valence electrons. The molecule has 0 radical (unpaired) electrons. The van der Waals surface area contributed by atoms with Gasteiger partial charge in [0, 0.05) is 45.9 Å². The molecule has 1 aromatic carbocycles. The SMILES string of the molecule is CN(C)C=NS(=O)(=O)c1ccc([C@@H]2[C@@H](/C(C=O)=C/N(C)C)C2(C)C)cc1. The van der Waals surface area contributed by atoms with Gasteiger partial charge < -0.3 is 9.80 Å². The molecule has 7 heteroatoms. The van der Waals surface area contributed by atoms with Crippen molar-refractivity contribution in [1.29, 1.82) is 0 Å². The number of sulfonamides is 1. The van der Waals surface area contributed by atoms with E-state index in [-0.39, 0.29) is 22.1 Å². The van der Waals surface area contributed by atoms with Gasteiger partial charge in [-0.3, -0.25) is 4.79 Å². The number of allylic oxidation sites excluding steroid dienone is 1. The van der Waals surface area contributed by atoms with E-state index in [1.807, 2.05) is 37.3 Å². The molecule has 0 aromatic heterocycles. The monoisotopic (exact) mass is 377 g/mol. The smallest absolute Gasteiger partial charge is 0.283 e. The third kappa shape index (κ3) is 4.15. The molecule has 1 saturated carbocycles.